The number of halogens is 1. The minimum atomic E-state index is -0.909. The number of hydrogen-bond acceptors (Lipinski definition) is 5. The molecule has 0 aliphatic carbocycles. The standard InChI is InChI=1S/C15H15FN4O3/c1-19-14-13(6-18-19)15(22)20(9-17-14)7-11(21)8-23-12-4-2-10(16)3-5-12/h2-6,9,11,21H,7-8H2,1H3/t11-/m1/s1. The number of aliphatic hydroxyl groups excluding tert-OH is 1. The second-order valence-electron chi connectivity index (χ2n) is 5.13. The first kappa shape index (κ1) is 15.2. The van der Waals surface area contributed by atoms with Gasteiger partial charge in [0, 0.05) is 7.05 Å². The molecule has 2 aromatic heterocycles. The van der Waals surface area contributed by atoms with Crippen molar-refractivity contribution in [3.63, 3.8) is 0 Å². The lowest BCUT2D eigenvalue weighted by Crippen LogP contribution is -2.30. The zero-order chi connectivity index (χ0) is 16.4. The SMILES string of the molecule is Cn1ncc2c(=O)n(C[C@@H](O)COc3ccc(F)cc3)cnc21. The Balaban J connectivity index is 1.68. The zero-order valence-electron chi connectivity index (χ0n) is 12.4. The van der Waals surface area contributed by atoms with E-state index in [1.165, 1.54) is 46.0 Å². The molecule has 0 fully saturated rings. The van der Waals surface area contributed by atoms with Gasteiger partial charge in [0.1, 0.15) is 36.0 Å². The van der Waals surface area contributed by atoms with Crippen LogP contribution >= 0.6 is 0 Å². The summed E-state index contributed by atoms with van der Waals surface area (Å²) in [6.45, 7) is 0.0149. The molecule has 1 atom stereocenters. The highest BCUT2D eigenvalue weighted by molar-refractivity contribution is 5.72. The molecule has 0 saturated carbocycles. The van der Waals surface area contributed by atoms with E-state index in [9.17, 15) is 14.3 Å². The van der Waals surface area contributed by atoms with E-state index >= 15 is 0 Å². The maximum atomic E-state index is 12.8. The van der Waals surface area contributed by atoms with Crippen LogP contribution < -0.4 is 10.3 Å². The highest BCUT2D eigenvalue weighted by atomic mass is 19.1. The fourth-order valence-electron chi connectivity index (χ4n) is 2.20. The van der Waals surface area contributed by atoms with Crippen molar-refractivity contribution in [2.24, 2.45) is 7.05 Å². The largest absolute Gasteiger partial charge is 0.491 e. The van der Waals surface area contributed by atoms with Gasteiger partial charge in [-0.05, 0) is 24.3 Å². The summed E-state index contributed by atoms with van der Waals surface area (Å²) >= 11 is 0. The number of aliphatic hydroxyl groups is 1. The molecule has 8 heteroatoms. The van der Waals surface area contributed by atoms with Gasteiger partial charge in [0.25, 0.3) is 5.56 Å². The number of ether oxygens (including phenoxy) is 1. The van der Waals surface area contributed by atoms with E-state index in [-0.39, 0.29) is 24.5 Å². The lowest BCUT2D eigenvalue weighted by Gasteiger charge is -2.13. The van der Waals surface area contributed by atoms with E-state index in [0.29, 0.717) is 16.8 Å². The van der Waals surface area contributed by atoms with Gasteiger partial charge in [-0.15, -0.1) is 0 Å². The lowest BCUT2D eigenvalue weighted by atomic mass is 10.3. The minimum absolute atomic E-state index is 0.0247. The van der Waals surface area contributed by atoms with Gasteiger partial charge in [0.2, 0.25) is 0 Å². The predicted octanol–water partition coefficient (Wildman–Crippen LogP) is 0.709. The van der Waals surface area contributed by atoms with Crippen molar-refractivity contribution in [1.82, 2.24) is 19.3 Å². The lowest BCUT2D eigenvalue weighted by molar-refractivity contribution is 0.0914. The molecule has 1 aromatic carbocycles. The molecule has 0 radical (unpaired) electrons. The molecule has 1 N–H and O–H groups in total. The van der Waals surface area contributed by atoms with Crippen molar-refractivity contribution in [1.29, 1.82) is 0 Å². The smallest absolute Gasteiger partial charge is 0.264 e. The Morgan fingerprint density at radius 3 is 2.83 bits per heavy atom. The average Bonchev–Trinajstić information content (AvgIpc) is 2.92. The molecule has 0 amide bonds. The Morgan fingerprint density at radius 1 is 1.35 bits per heavy atom. The molecule has 0 aliphatic rings. The molecule has 0 saturated heterocycles. The monoisotopic (exact) mass is 318 g/mol. The maximum absolute atomic E-state index is 12.8. The van der Waals surface area contributed by atoms with Crippen LogP contribution in [-0.4, -0.2) is 37.1 Å². The Labute approximate surface area is 130 Å². The Hall–Kier alpha value is -2.74. The molecule has 7 nitrogen and oxygen atoms in total. The molecule has 2 heterocycles. The topological polar surface area (TPSA) is 82.2 Å². The minimum Gasteiger partial charge on any atom is -0.491 e. The van der Waals surface area contributed by atoms with Gasteiger partial charge in [-0.1, -0.05) is 0 Å². The van der Waals surface area contributed by atoms with Crippen LogP contribution in [0.2, 0.25) is 0 Å². The summed E-state index contributed by atoms with van der Waals surface area (Å²) in [4.78, 5) is 16.4. The summed E-state index contributed by atoms with van der Waals surface area (Å²) in [6, 6.07) is 5.48. The van der Waals surface area contributed by atoms with Crippen molar-refractivity contribution >= 4 is 11.0 Å². The predicted molar refractivity (Wildman–Crippen MR) is 80.7 cm³/mol. The van der Waals surface area contributed by atoms with Crippen LogP contribution in [-0.2, 0) is 13.6 Å². The number of benzene rings is 1. The molecule has 0 aliphatic heterocycles. The molecule has 120 valence electrons. The van der Waals surface area contributed by atoms with Crippen molar-refractivity contribution in [3.8, 4) is 5.75 Å². The maximum Gasteiger partial charge on any atom is 0.264 e. The summed E-state index contributed by atoms with van der Waals surface area (Å²) in [5.74, 6) is 0.0823. The third kappa shape index (κ3) is 3.21. The first-order chi connectivity index (χ1) is 11.0. The summed E-state index contributed by atoms with van der Waals surface area (Å²) in [7, 11) is 1.70. The molecular formula is C15H15FN4O3. The molecular weight excluding hydrogens is 303 g/mol. The van der Waals surface area contributed by atoms with Crippen molar-refractivity contribution in [3.05, 3.63) is 53.0 Å². The Bertz CT molecular complexity index is 873. The Morgan fingerprint density at radius 2 is 2.09 bits per heavy atom. The molecule has 23 heavy (non-hydrogen) atoms. The zero-order valence-corrected chi connectivity index (χ0v) is 12.4. The van der Waals surface area contributed by atoms with Crippen LogP contribution in [0.25, 0.3) is 11.0 Å². The second-order valence-corrected chi connectivity index (χ2v) is 5.13. The Kier molecular flexibility index (Phi) is 4.07. The van der Waals surface area contributed by atoms with E-state index < -0.39 is 6.10 Å². The molecule has 0 unspecified atom stereocenters. The van der Waals surface area contributed by atoms with Crippen molar-refractivity contribution < 1.29 is 14.2 Å². The second kappa shape index (κ2) is 6.17. The van der Waals surface area contributed by atoms with E-state index in [2.05, 4.69) is 10.1 Å². The average molecular weight is 318 g/mol. The third-order valence-corrected chi connectivity index (χ3v) is 3.38. The third-order valence-electron chi connectivity index (χ3n) is 3.38. The molecule has 3 rings (SSSR count). The fourth-order valence-corrected chi connectivity index (χ4v) is 2.20. The van der Waals surface area contributed by atoms with Gasteiger partial charge in [0.15, 0.2) is 5.65 Å². The number of aromatic nitrogens is 4. The number of nitrogens with zero attached hydrogens (tertiary/aromatic N) is 4. The van der Waals surface area contributed by atoms with E-state index in [0.717, 1.165) is 0 Å². The van der Waals surface area contributed by atoms with Gasteiger partial charge in [-0.2, -0.15) is 5.10 Å². The quantitative estimate of drug-likeness (QED) is 0.749. The van der Waals surface area contributed by atoms with Crippen LogP contribution in [0.3, 0.4) is 0 Å². The first-order valence-electron chi connectivity index (χ1n) is 6.98. The van der Waals surface area contributed by atoms with E-state index in [1.54, 1.807) is 7.05 Å². The van der Waals surface area contributed by atoms with Gasteiger partial charge in [-0.25, -0.2) is 9.37 Å². The first-order valence-corrected chi connectivity index (χ1v) is 6.98. The van der Waals surface area contributed by atoms with Crippen LogP contribution in [0, 0.1) is 5.82 Å². The van der Waals surface area contributed by atoms with Gasteiger partial charge in [0.05, 0.1) is 12.7 Å². The fraction of sp³-hybridized carbons (Fsp3) is 0.267. The molecule has 0 spiro atoms. The molecule has 3 aromatic rings. The molecule has 0 bridgehead atoms. The van der Waals surface area contributed by atoms with E-state index in [1.807, 2.05) is 0 Å². The van der Waals surface area contributed by atoms with Gasteiger partial charge < -0.3 is 9.84 Å². The summed E-state index contributed by atoms with van der Waals surface area (Å²) in [6.07, 6.45) is 1.91. The highest BCUT2D eigenvalue weighted by Crippen LogP contribution is 2.11. The normalized spacial score (nSPS) is 12.5. The summed E-state index contributed by atoms with van der Waals surface area (Å²) in [5, 5.41) is 14.4. The number of aryl methyl sites for hydroxylation is 1. The number of hydrogen-bond donors (Lipinski definition) is 1. The number of fused-ring (bicyclic) bond motifs is 1. The van der Waals surface area contributed by atoms with E-state index in [4.69, 9.17) is 4.74 Å². The summed E-state index contributed by atoms with van der Waals surface area (Å²) in [5.41, 5.74) is 0.215. The van der Waals surface area contributed by atoms with Gasteiger partial charge >= 0.3 is 0 Å². The van der Waals surface area contributed by atoms with Crippen LogP contribution in [0.4, 0.5) is 4.39 Å². The number of rotatable bonds is 5. The van der Waals surface area contributed by atoms with Crippen molar-refractivity contribution in [2.45, 2.75) is 12.6 Å². The van der Waals surface area contributed by atoms with Crippen LogP contribution in [0.1, 0.15) is 0 Å². The van der Waals surface area contributed by atoms with Crippen molar-refractivity contribution in [2.75, 3.05) is 6.61 Å². The summed E-state index contributed by atoms with van der Waals surface area (Å²) < 4.78 is 21.0. The highest BCUT2D eigenvalue weighted by Gasteiger charge is 2.12. The van der Waals surface area contributed by atoms with Crippen LogP contribution in [0.15, 0.2) is 41.6 Å². The van der Waals surface area contributed by atoms with Crippen LogP contribution in [0.5, 0.6) is 5.75 Å². The van der Waals surface area contributed by atoms with Gasteiger partial charge in [-0.3, -0.25) is 14.0 Å².